The van der Waals surface area contributed by atoms with Gasteiger partial charge in [0.2, 0.25) is 0 Å². The Morgan fingerprint density at radius 2 is 2.24 bits per heavy atom. The number of nitro benzene ring substituents is 1. The van der Waals surface area contributed by atoms with E-state index >= 15 is 0 Å². The molecule has 0 bridgehead atoms. The Balaban J connectivity index is 2.22. The van der Waals surface area contributed by atoms with E-state index in [9.17, 15) is 14.9 Å². The lowest BCUT2D eigenvalue weighted by Crippen LogP contribution is -2.47. The summed E-state index contributed by atoms with van der Waals surface area (Å²) < 4.78 is 0. The molecule has 1 aromatic carbocycles. The maximum Gasteiger partial charge on any atom is 0.270 e. The van der Waals surface area contributed by atoms with Gasteiger partial charge in [-0.05, 0) is 32.5 Å². The van der Waals surface area contributed by atoms with E-state index < -0.39 is 4.92 Å². The van der Waals surface area contributed by atoms with Gasteiger partial charge in [0, 0.05) is 31.8 Å². The molecule has 0 saturated carbocycles. The van der Waals surface area contributed by atoms with Crippen LogP contribution in [0.3, 0.4) is 0 Å². The number of carbonyl (C=O) groups excluding carboxylic acids is 1. The number of piperidine rings is 1. The topological polar surface area (TPSA) is 66.7 Å². The first-order valence-electron chi connectivity index (χ1n) is 6.80. The van der Waals surface area contributed by atoms with Crippen molar-refractivity contribution in [2.45, 2.75) is 18.9 Å². The summed E-state index contributed by atoms with van der Waals surface area (Å²) in [5.74, 6) is -0.274. The summed E-state index contributed by atoms with van der Waals surface area (Å²) in [6, 6.07) is 4.04. The van der Waals surface area contributed by atoms with Crippen LogP contribution in [0.5, 0.6) is 0 Å². The highest BCUT2D eigenvalue weighted by molar-refractivity contribution is 6.33. The SMILES string of the molecule is CN1CCCC(N(C)C(=O)c2cc([N+](=O)[O-])ccc2Cl)C1. The quantitative estimate of drug-likeness (QED) is 0.635. The largest absolute Gasteiger partial charge is 0.337 e. The van der Waals surface area contributed by atoms with Crippen LogP contribution in [0, 0.1) is 10.1 Å². The lowest BCUT2D eigenvalue weighted by atomic mass is 10.0. The van der Waals surface area contributed by atoms with E-state index in [-0.39, 0.29) is 28.2 Å². The zero-order chi connectivity index (χ0) is 15.6. The second kappa shape index (κ2) is 6.41. The molecule has 0 aliphatic carbocycles. The number of nitrogens with zero attached hydrogens (tertiary/aromatic N) is 3. The van der Waals surface area contributed by atoms with Gasteiger partial charge in [0.1, 0.15) is 0 Å². The fourth-order valence-electron chi connectivity index (χ4n) is 2.60. The molecule has 7 heteroatoms. The number of likely N-dealkylation sites (tertiary alicyclic amines) is 1. The van der Waals surface area contributed by atoms with Gasteiger partial charge in [-0.25, -0.2) is 0 Å². The van der Waals surface area contributed by atoms with Crippen LogP contribution in [0.1, 0.15) is 23.2 Å². The fourth-order valence-corrected chi connectivity index (χ4v) is 2.80. The maximum atomic E-state index is 12.5. The third-order valence-corrected chi connectivity index (χ3v) is 4.19. The normalized spacial score (nSPS) is 19.3. The second-order valence-electron chi connectivity index (χ2n) is 5.40. The molecule has 114 valence electrons. The smallest absolute Gasteiger partial charge is 0.270 e. The number of rotatable bonds is 3. The van der Waals surface area contributed by atoms with E-state index in [0.29, 0.717) is 0 Å². The number of amides is 1. The molecule has 1 aliphatic rings. The van der Waals surface area contributed by atoms with Crippen molar-refractivity contribution in [1.29, 1.82) is 0 Å². The van der Waals surface area contributed by atoms with E-state index in [2.05, 4.69) is 4.90 Å². The molecule has 0 spiro atoms. The van der Waals surface area contributed by atoms with Crippen molar-refractivity contribution in [1.82, 2.24) is 9.80 Å². The van der Waals surface area contributed by atoms with Crippen molar-refractivity contribution < 1.29 is 9.72 Å². The fraction of sp³-hybridized carbons (Fsp3) is 0.500. The molecule has 2 rings (SSSR count). The number of halogens is 1. The Bertz CT molecular complexity index is 564. The Labute approximate surface area is 128 Å². The summed E-state index contributed by atoms with van der Waals surface area (Å²) in [7, 11) is 3.74. The zero-order valence-corrected chi connectivity index (χ0v) is 12.8. The lowest BCUT2D eigenvalue weighted by molar-refractivity contribution is -0.384. The second-order valence-corrected chi connectivity index (χ2v) is 5.80. The minimum Gasteiger partial charge on any atom is -0.337 e. The standard InChI is InChI=1S/C14H18ClN3O3/c1-16-7-3-4-11(9-16)17(2)14(19)12-8-10(18(20)21)5-6-13(12)15/h5-6,8,11H,3-4,7,9H2,1-2H3. The molecular weight excluding hydrogens is 294 g/mol. The summed E-state index contributed by atoms with van der Waals surface area (Å²) in [6.07, 6.45) is 1.96. The molecule has 0 N–H and O–H groups in total. The maximum absolute atomic E-state index is 12.5. The molecule has 1 saturated heterocycles. The average molecular weight is 312 g/mol. The average Bonchev–Trinajstić information content (AvgIpc) is 2.46. The summed E-state index contributed by atoms with van der Waals surface area (Å²) in [6.45, 7) is 1.82. The number of hydrogen-bond acceptors (Lipinski definition) is 4. The number of likely N-dealkylation sites (N-methyl/N-ethyl adjacent to an activating group) is 2. The summed E-state index contributed by atoms with van der Waals surface area (Å²) >= 11 is 6.03. The Morgan fingerprint density at radius 3 is 2.86 bits per heavy atom. The predicted octanol–water partition coefficient (Wildman–Crippen LogP) is 2.41. The van der Waals surface area contributed by atoms with Gasteiger partial charge in [0.25, 0.3) is 11.6 Å². The van der Waals surface area contributed by atoms with Crippen LogP contribution in [0.25, 0.3) is 0 Å². The minimum absolute atomic E-state index is 0.103. The zero-order valence-electron chi connectivity index (χ0n) is 12.1. The molecule has 1 unspecified atom stereocenters. The van der Waals surface area contributed by atoms with Crippen LogP contribution in [0.4, 0.5) is 5.69 Å². The summed E-state index contributed by atoms with van der Waals surface area (Å²) in [4.78, 5) is 26.7. The van der Waals surface area contributed by atoms with E-state index in [0.717, 1.165) is 25.9 Å². The van der Waals surface area contributed by atoms with Gasteiger partial charge < -0.3 is 9.80 Å². The van der Waals surface area contributed by atoms with Gasteiger partial charge in [0.15, 0.2) is 0 Å². The van der Waals surface area contributed by atoms with E-state index in [1.165, 1.54) is 18.2 Å². The molecule has 1 fully saturated rings. The van der Waals surface area contributed by atoms with Crippen LogP contribution in [0.2, 0.25) is 5.02 Å². The molecule has 21 heavy (non-hydrogen) atoms. The van der Waals surface area contributed by atoms with Gasteiger partial charge in [0.05, 0.1) is 15.5 Å². The van der Waals surface area contributed by atoms with Crippen LogP contribution in [-0.2, 0) is 0 Å². The molecule has 1 heterocycles. The summed E-state index contributed by atoms with van der Waals surface area (Å²) in [5, 5.41) is 11.1. The molecule has 0 radical (unpaired) electrons. The van der Waals surface area contributed by atoms with Gasteiger partial charge >= 0.3 is 0 Å². The number of carbonyl (C=O) groups is 1. The molecule has 1 aromatic rings. The molecule has 0 aromatic heterocycles. The third-order valence-electron chi connectivity index (χ3n) is 3.86. The Morgan fingerprint density at radius 1 is 1.52 bits per heavy atom. The highest BCUT2D eigenvalue weighted by Gasteiger charge is 2.27. The van der Waals surface area contributed by atoms with Crippen molar-refractivity contribution in [3.8, 4) is 0 Å². The van der Waals surface area contributed by atoms with Crippen LogP contribution in [0.15, 0.2) is 18.2 Å². The molecular formula is C14H18ClN3O3. The van der Waals surface area contributed by atoms with Gasteiger partial charge in [-0.3, -0.25) is 14.9 Å². The Hall–Kier alpha value is -1.66. The predicted molar refractivity (Wildman–Crippen MR) is 80.7 cm³/mol. The van der Waals surface area contributed by atoms with Crippen molar-refractivity contribution >= 4 is 23.2 Å². The molecule has 6 nitrogen and oxygen atoms in total. The van der Waals surface area contributed by atoms with Gasteiger partial charge in [-0.2, -0.15) is 0 Å². The highest BCUT2D eigenvalue weighted by atomic mass is 35.5. The van der Waals surface area contributed by atoms with Crippen molar-refractivity contribution in [3.05, 3.63) is 38.9 Å². The number of non-ortho nitro benzene ring substituents is 1. The number of nitro groups is 1. The monoisotopic (exact) mass is 311 g/mol. The van der Waals surface area contributed by atoms with Crippen LogP contribution < -0.4 is 0 Å². The third kappa shape index (κ3) is 3.51. The number of benzene rings is 1. The highest BCUT2D eigenvalue weighted by Crippen LogP contribution is 2.25. The lowest BCUT2D eigenvalue weighted by Gasteiger charge is -2.36. The first-order chi connectivity index (χ1) is 9.90. The minimum atomic E-state index is -0.526. The molecule has 1 amide bonds. The molecule has 1 atom stereocenters. The van der Waals surface area contributed by atoms with Crippen molar-refractivity contribution in [2.75, 3.05) is 27.2 Å². The van der Waals surface area contributed by atoms with E-state index in [1.807, 2.05) is 7.05 Å². The van der Waals surface area contributed by atoms with Crippen LogP contribution >= 0.6 is 11.6 Å². The summed E-state index contributed by atoms with van der Waals surface area (Å²) in [5.41, 5.74) is 0.0542. The van der Waals surface area contributed by atoms with Crippen molar-refractivity contribution in [2.24, 2.45) is 0 Å². The first-order valence-corrected chi connectivity index (χ1v) is 7.17. The van der Waals surface area contributed by atoms with E-state index in [4.69, 9.17) is 11.6 Å². The number of hydrogen-bond donors (Lipinski definition) is 0. The van der Waals surface area contributed by atoms with Gasteiger partial charge in [-0.1, -0.05) is 11.6 Å². The van der Waals surface area contributed by atoms with Crippen LogP contribution in [-0.4, -0.2) is 53.9 Å². The van der Waals surface area contributed by atoms with Gasteiger partial charge in [-0.15, -0.1) is 0 Å². The van der Waals surface area contributed by atoms with Crippen molar-refractivity contribution in [3.63, 3.8) is 0 Å². The Kier molecular flexibility index (Phi) is 4.80. The molecule has 1 aliphatic heterocycles. The first kappa shape index (κ1) is 15.7. The van der Waals surface area contributed by atoms with E-state index in [1.54, 1.807) is 11.9 Å².